The Hall–Kier alpha value is -4.32. The molecular weight excluding hydrogens is 686 g/mol. The molecule has 0 radical (unpaired) electrons. The van der Waals surface area contributed by atoms with Crippen molar-refractivity contribution < 1.29 is 38.5 Å². The number of methoxy groups -OCH3 is 1. The predicted octanol–water partition coefficient (Wildman–Crippen LogP) is 4.69. The number of carbonyl (C=O) groups is 4. The number of rotatable bonds is 18. The highest BCUT2D eigenvalue weighted by Gasteiger charge is 2.76. The summed E-state index contributed by atoms with van der Waals surface area (Å²) in [5.41, 5.74) is 0.277. The van der Waals surface area contributed by atoms with Crippen molar-refractivity contribution in [2.45, 2.75) is 106 Å². The maximum absolute atomic E-state index is 15.1. The Bertz CT molecular complexity index is 1630. The third-order valence-corrected chi connectivity index (χ3v) is 11.8. The second-order valence-electron chi connectivity index (χ2n) is 15.1. The predicted molar refractivity (Wildman–Crippen MR) is 203 cm³/mol. The van der Waals surface area contributed by atoms with Gasteiger partial charge in [0, 0.05) is 26.1 Å². The molecule has 3 amide bonds. The maximum atomic E-state index is 15.1. The highest BCUT2D eigenvalue weighted by atomic mass is 16.6. The van der Waals surface area contributed by atoms with Crippen molar-refractivity contribution in [1.29, 1.82) is 0 Å². The van der Waals surface area contributed by atoms with Crippen LogP contribution in [0.1, 0.15) is 75.0 Å². The number of ether oxygens (including phenoxy) is 3. The van der Waals surface area contributed by atoms with Gasteiger partial charge in [0.05, 0.1) is 43.2 Å². The number of allylic oxidation sites excluding steroid dienone is 1. The summed E-state index contributed by atoms with van der Waals surface area (Å²) >= 11 is 0. The highest BCUT2D eigenvalue weighted by Crippen LogP contribution is 2.59. The minimum absolute atomic E-state index is 0.0104. The van der Waals surface area contributed by atoms with Gasteiger partial charge in [-0.15, -0.1) is 13.2 Å². The van der Waals surface area contributed by atoms with E-state index < -0.39 is 59.6 Å². The number of nitrogens with zero attached hydrogens (tertiary/aromatic N) is 2. The first-order chi connectivity index (χ1) is 26.3. The van der Waals surface area contributed by atoms with Gasteiger partial charge < -0.3 is 34.4 Å². The van der Waals surface area contributed by atoms with Crippen molar-refractivity contribution in [3.63, 3.8) is 0 Å². The molecule has 4 aliphatic rings. The molecule has 3 heterocycles. The fraction of sp³-hybridized carbons (Fsp3) is 0.535. The van der Waals surface area contributed by atoms with Crippen molar-refractivity contribution in [3.05, 3.63) is 97.1 Å². The number of nitrogens with one attached hydrogen (secondary N) is 1. The van der Waals surface area contributed by atoms with Crippen LogP contribution in [0.4, 0.5) is 0 Å². The number of aliphatic hydroxyl groups is 1. The molecule has 1 spiro atoms. The highest BCUT2D eigenvalue weighted by molar-refractivity contribution is 5.98. The number of esters is 1. The molecule has 3 saturated heterocycles. The average Bonchev–Trinajstić information content (AvgIpc) is 3.85. The largest absolute Gasteiger partial charge is 0.455 e. The van der Waals surface area contributed by atoms with Gasteiger partial charge in [0.1, 0.15) is 17.7 Å². The summed E-state index contributed by atoms with van der Waals surface area (Å²) in [7, 11) is 1.51. The van der Waals surface area contributed by atoms with E-state index in [2.05, 4.69) is 18.5 Å². The van der Waals surface area contributed by atoms with Gasteiger partial charge in [-0.1, -0.05) is 92.1 Å². The van der Waals surface area contributed by atoms with Crippen molar-refractivity contribution in [2.75, 3.05) is 26.9 Å². The van der Waals surface area contributed by atoms with Crippen molar-refractivity contribution in [1.82, 2.24) is 15.1 Å². The van der Waals surface area contributed by atoms with Crippen LogP contribution in [0.15, 0.2) is 86.0 Å². The van der Waals surface area contributed by atoms with Gasteiger partial charge in [0.2, 0.25) is 17.7 Å². The Morgan fingerprint density at radius 3 is 2.39 bits per heavy atom. The number of benzene rings is 2. The molecule has 1 aliphatic carbocycles. The van der Waals surface area contributed by atoms with Gasteiger partial charge in [-0.3, -0.25) is 19.2 Å². The molecule has 2 aromatic rings. The lowest BCUT2D eigenvalue weighted by molar-refractivity contribution is -0.163. The molecule has 4 fully saturated rings. The fourth-order valence-corrected chi connectivity index (χ4v) is 9.40. The Balaban J connectivity index is 1.36. The molecule has 0 unspecified atom stereocenters. The molecular formula is C43H55N3O8. The van der Waals surface area contributed by atoms with Gasteiger partial charge in [-0.2, -0.15) is 0 Å². The minimum atomic E-state index is -1.28. The van der Waals surface area contributed by atoms with Crippen LogP contribution >= 0.6 is 0 Å². The van der Waals surface area contributed by atoms with Gasteiger partial charge in [0.15, 0.2) is 0 Å². The number of aliphatic hydroxyl groups excluding tert-OH is 1. The third kappa shape index (κ3) is 7.90. The maximum Gasteiger partial charge on any atom is 0.313 e. The number of fused-ring (bicyclic) bond motifs is 1. The first kappa shape index (κ1) is 39.4. The van der Waals surface area contributed by atoms with Gasteiger partial charge in [-0.05, 0) is 49.7 Å². The SMILES string of the molecule is C=CCCC(=O)N[C@@H](COC)[C@@H](OC(=O)[C@@H]1[C@H]2C(=O)N([C@@H](CO)Cc3ccccc3)[C@H](C(=O)N(CC=C)C3CCCCC3)[C@]23CC[C@H]1O3)c1ccccc1. The van der Waals surface area contributed by atoms with Crippen LogP contribution in [0.3, 0.4) is 0 Å². The summed E-state index contributed by atoms with van der Waals surface area (Å²) in [6, 6.07) is 16.2. The lowest BCUT2D eigenvalue weighted by atomic mass is 9.70. The van der Waals surface area contributed by atoms with Gasteiger partial charge in [-0.25, -0.2) is 0 Å². The van der Waals surface area contributed by atoms with Crippen LogP contribution in [0, 0.1) is 11.8 Å². The van der Waals surface area contributed by atoms with E-state index in [0.717, 1.165) is 37.7 Å². The summed E-state index contributed by atoms with van der Waals surface area (Å²) < 4.78 is 18.7. The molecule has 2 N–H and O–H groups in total. The van der Waals surface area contributed by atoms with Gasteiger partial charge in [0.25, 0.3) is 0 Å². The van der Waals surface area contributed by atoms with Crippen LogP contribution in [0.2, 0.25) is 0 Å². The standard InChI is InChI=1S/C43H55N3O8/c1-4-6-22-35(48)44-33(28-52-3)38(30-18-12-8-13-19-30)53-42(51)36-34-23-24-43(54-34)37(36)40(49)46(32(27-47)26-29-16-10-7-11-17-29)39(43)41(50)45(25-5-2)31-20-14-9-15-21-31/h4-5,7-8,10-13,16-19,31-34,36-39,47H,1-2,6,9,14-15,20-28H2,3H3,(H,44,48)/t32-,33+,34-,36+,37+,38+,39-,43+/m1/s1. The van der Waals surface area contributed by atoms with Crippen molar-refractivity contribution in [3.8, 4) is 0 Å². The van der Waals surface area contributed by atoms with Crippen molar-refractivity contribution in [2.24, 2.45) is 11.8 Å². The van der Waals surface area contributed by atoms with E-state index in [1.165, 1.54) is 7.11 Å². The van der Waals surface area contributed by atoms with Crippen LogP contribution in [-0.4, -0.2) is 101 Å². The second kappa shape index (κ2) is 17.9. The molecule has 54 heavy (non-hydrogen) atoms. The molecule has 6 rings (SSSR count). The van der Waals surface area contributed by atoms with E-state index in [-0.39, 0.29) is 37.5 Å². The minimum Gasteiger partial charge on any atom is -0.455 e. The topological polar surface area (TPSA) is 135 Å². The number of hydrogen-bond donors (Lipinski definition) is 2. The molecule has 3 aliphatic heterocycles. The first-order valence-corrected chi connectivity index (χ1v) is 19.5. The van der Waals surface area contributed by atoms with E-state index in [1.54, 1.807) is 17.1 Å². The van der Waals surface area contributed by atoms with Crippen LogP contribution in [0.25, 0.3) is 0 Å². The number of amides is 3. The molecule has 2 bridgehead atoms. The smallest absolute Gasteiger partial charge is 0.313 e. The Morgan fingerprint density at radius 2 is 1.74 bits per heavy atom. The summed E-state index contributed by atoms with van der Waals surface area (Å²) in [5, 5.41) is 13.9. The molecule has 0 aromatic heterocycles. The Morgan fingerprint density at radius 1 is 1.04 bits per heavy atom. The molecule has 1 saturated carbocycles. The van der Waals surface area contributed by atoms with E-state index in [4.69, 9.17) is 14.2 Å². The zero-order chi connectivity index (χ0) is 38.2. The quantitative estimate of drug-likeness (QED) is 0.166. The number of likely N-dealkylation sites (tertiary alicyclic amines) is 1. The Labute approximate surface area is 318 Å². The summed E-state index contributed by atoms with van der Waals surface area (Å²) in [6.45, 7) is 7.67. The summed E-state index contributed by atoms with van der Waals surface area (Å²) in [4.78, 5) is 61.2. The zero-order valence-corrected chi connectivity index (χ0v) is 31.4. The zero-order valence-electron chi connectivity index (χ0n) is 31.4. The van der Waals surface area contributed by atoms with Crippen LogP contribution in [-0.2, 0) is 39.8 Å². The normalized spacial score (nSPS) is 26.4. The number of carbonyl (C=O) groups excluding carboxylic acids is 4. The fourth-order valence-electron chi connectivity index (χ4n) is 9.40. The molecule has 11 nitrogen and oxygen atoms in total. The lowest BCUT2D eigenvalue weighted by Gasteiger charge is -2.42. The molecule has 2 aromatic carbocycles. The average molecular weight is 742 g/mol. The monoisotopic (exact) mass is 741 g/mol. The summed E-state index contributed by atoms with van der Waals surface area (Å²) in [6.07, 6.45) is 8.52. The molecule has 290 valence electrons. The Kier molecular flexibility index (Phi) is 13.0. The first-order valence-electron chi connectivity index (χ1n) is 19.5. The van der Waals surface area contributed by atoms with E-state index in [0.29, 0.717) is 37.8 Å². The summed E-state index contributed by atoms with van der Waals surface area (Å²) in [5.74, 6) is -3.51. The van der Waals surface area contributed by atoms with E-state index in [9.17, 15) is 14.7 Å². The molecule has 8 atom stereocenters. The van der Waals surface area contributed by atoms with Crippen LogP contribution < -0.4 is 5.32 Å². The molecule has 11 heteroatoms. The second-order valence-corrected chi connectivity index (χ2v) is 15.1. The van der Waals surface area contributed by atoms with Gasteiger partial charge >= 0.3 is 5.97 Å². The van der Waals surface area contributed by atoms with Crippen molar-refractivity contribution >= 4 is 23.7 Å². The van der Waals surface area contributed by atoms with Crippen LogP contribution in [0.5, 0.6) is 0 Å². The third-order valence-electron chi connectivity index (χ3n) is 11.8. The van der Waals surface area contributed by atoms with E-state index in [1.807, 2.05) is 65.6 Å². The van der Waals surface area contributed by atoms with E-state index >= 15 is 9.59 Å². The number of hydrogen-bond acceptors (Lipinski definition) is 8. The lowest BCUT2D eigenvalue weighted by Crippen LogP contribution is -2.60.